The molecule has 5 heteroatoms. The van der Waals surface area contributed by atoms with Crippen LogP contribution in [0.5, 0.6) is 5.75 Å². The number of hydrogen-bond acceptors (Lipinski definition) is 3. The fourth-order valence-electron chi connectivity index (χ4n) is 3.65. The van der Waals surface area contributed by atoms with Gasteiger partial charge in [0.1, 0.15) is 11.3 Å². The second-order valence-corrected chi connectivity index (χ2v) is 6.29. The molecule has 0 aromatic carbocycles. The number of hydrogen-bond donors (Lipinski definition) is 1. The van der Waals surface area contributed by atoms with E-state index in [9.17, 15) is 9.59 Å². The van der Waals surface area contributed by atoms with Crippen LogP contribution in [0.2, 0.25) is 0 Å². The average molecular weight is 304 g/mol. The van der Waals surface area contributed by atoms with E-state index in [-0.39, 0.29) is 17.5 Å². The topological polar surface area (TPSA) is 60.3 Å². The first-order valence-corrected chi connectivity index (χ1v) is 8.32. The van der Waals surface area contributed by atoms with Gasteiger partial charge in [-0.15, -0.1) is 0 Å². The molecule has 1 N–H and O–H groups in total. The van der Waals surface area contributed by atoms with Crippen molar-refractivity contribution in [3.05, 3.63) is 27.7 Å². The summed E-state index contributed by atoms with van der Waals surface area (Å²) in [7, 11) is 1.52. The van der Waals surface area contributed by atoms with E-state index in [0.29, 0.717) is 17.9 Å². The number of nitrogens with one attached hydrogen (secondary N) is 1. The monoisotopic (exact) mass is 304 g/mol. The van der Waals surface area contributed by atoms with Crippen molar-refractivity contribution in [1.82, 2.24) is 9.88 Å². The van der Waals surface area contributed by atoms with Crippen molar-refractivity contribution in [2.75, 3.05) is 7.11 Å². The molecule has 1 aromatic rings. The third-order valence-corrected chi connectivity index (χ3v) is 4.81. The van der Waals surface area contributed by atoms with Gasteiger partial charge in [-0.3, -0.25) is 9.59 Å². The lowest BCUT2D eigenvalue weighted by molar-refractivity contribution is 0.0922. The molecule has 0 atom stereocenters. The standard InChI is InChI=1S/C17H24N2O3/c1-22-14-11-15(20)19-10-6-5-9-13(19)16(14)17(21)18-12-7-3-2-4-8-12/h11-12H,2-10H2,1H3,(H,18,21). The van der Waals surface area contributed by atoms with Crippen molar-refractivity contribution in [3.8, 4) is 5.75 Å². The van der Waals surface area contributed by atoms with E-state index in [1.165, 1.54) is 32.4 Å². The first-order valence-electron chi connectivity index (χ1n) is 8.32. The maximum Gasteiger partial charge on any atom is 0.257 e. The minimum Gasteiger partial charge on any atom is -0.496 e. The summed E-state index contributed by atoms with van der Waals surface area (Å²) in [6.45, 7) is 0.696. The number of carbonyl (C=O) groups excluding carboxylic acids is 1. The summed E-state index contributed by atoms with van der Waals surface area (Å²) in [6.07, 6.45) is 8.46. The highest BCUT2D eigenvalue weighted by atomic mass is 16.5. The molecule has 5 nitrogen and oxygen atoms in total. The number of aromatic nitrogens is 1. The van der Waals surface area contributed by atoms with E-state index in [2.05, 4.69) is 5.32 Å². The fourth-order valence-corrected chi connectivity index (χ4v) is 3.65. The maximum absolute atomic E-state index is 12.8. The van der Waals surface area contributed by atoms with Crippen LogP contribution in [0.4, 0.5) is 0 Å². The zero-order chi connectivity index (χ0) is 15.5. The number of amides is 1. The van der Waals surface area contributed by atoms with Crippen LogP contribution in [0, 0.1) is 0 Å². The van der Waals surface area contributed by atoms with Crippen LogP contribution in [0.1, 0.15) is 61.0 Å². The van der Waals surface area contributed by atoms with Crippen molar-refractivity contribution >= 4 is 5.91 Å². The molecule has 22 heavy (non-hydrogen) atoms. The van der Waals surface area contributed by atoms with Crippen molar-refractivity contribution in [3.63, 3.8) is 0 Å². The molecule has 0 unspecified atom stereocenters. The molecule has 1 amide bonds. The van der Waals surface area contributed by atoms with E-state index in [1.54, 1.807) is 4.57 Å². The average Bonchev–Trinajstić information content (AvgIpc) is 2.55. The smallest absolute Gasteiger partial charge is 0.257 e. The van der Waals surface area contributed by atoms with E-state index < -0.39 is 0 Å². The quantitative estimate of drug-likeness (QED) is 0.932. The van der Waals surface area contributed by atoms with Gasteiger partial charge in [-0.25, -0.2) is 0 Å². The van der Waals surface area contributed by atoms with Gasteiger partial charge in [-0.2, -0.15) is 0 Å². The Morgan fingerprint density at radius 3 is 2.73 bits per heavy atom. The Labute approximate surface area is 130 Å². The van der Waals surface area contributed by atoms with E-state index >= 15 is 0 Å². The lowest BCUT2D eigenvalue weighted by atomic mass is 9.94. The molecule has 2 heterocycles. The van der Waals surface area contributed by atoms with Crippen LogP contribution in [0.25, 0.3) is 0 Å². The maximum atomic E-state index is 12.8. The van der Waals surface area contributed by atoms with Crippen LogP contribution >= 0.6 is 0 Å². The number of ether oxygens (including phenoxy) is 1. The Morgan fingerprint density at radius 2 is 2.00 bits per heavy atom. The summed E-state index contributed by atoms with van der Waals surface area (Å²) in [5.74, 6) is 0.320. The van der Waals surface area contributed by atoms with Crippen LogP contribution < -0.4 is 15.6 Å². The van der Waals surface area contributed by atoms with E-state index in [1.807, 2.05) is 0 Å². The van der Waals surface area contributed by atoms with Crippen molar-refractivity contribution in [2.45, 2.75) is 64.0 Å². The van der Waals surface area contributed by atoms with E-state index in [0.717, 1.165) is 37.8 Å². The number of methoxy groups -OCH3 is 1. The van der Waals surface area contributed by atoms with Crippen molar-refractivity contribution < 1.29 is 9.53 Å². The molecule has 1 saturated carbocycles. The molecule has 120 valence electrons. The lowest BCUT2D eigenvalue weighted by Gasteiger charge is -2.26. The predicted octanol–water partition coefficient (Wildman–Crippen LogP) is 2.26. The zero-order valence-corrected chi connectivity index (χ0v) is 13.2. The molecular formula is C17H24N2O3. The Balaban J connectivity index is 1.93. The van der Waals surface area contributed by atoms with Crippen molar-refractivity contribution in [1.29, 1.82) is 0 Å². The summed E-state index contributed by atoms with van der Waals surface area (Å²) < 4.78 is 7.07. The Bertz CT molecular complexity index is 615. The summed E-state index contributed by atoms with van der Waals surface area (Å²) in [5.41, 5.74) is 1.33. The molecule has 1 aliphatic heterocycles. The molecule has 0 bridgehead atoms. The molecule has 1 aromatic heterocycles. The van der Waals surface area contributed by atoms with Crippen LogP contribution in [0.15, 0.2) is 10.9 Å². The molecular weight excluding hydrogens is 280 g/mol. The SMILES string of the molecule is COc1cc(=O)n2c(c1C(=O)NC1CCCCC1)CCCC2. The summed E-state index contributed by atoms with van der Waals surface area (Å²) >= 11 is 0. The van der Waals surface area contributed by atoms with Gasteiger partial charge in [0.05, 0.1) is 7.11 Å². The molecule has 0 spiro atoms. The Morgan fingerprint density at radius 1 is 1.23 bits per heavy atom. The molecule has 0 saturated heterocycles. The van der Waals surface area contributed by atoms with Crippen LogP contribution in [0.3, 0.4) is 0 Å². The van der Waals surface area contributed by atoms with Crippen LogP contribution in [-0.2, 0) is 13.0 Å². The highest BCUT2D eigenvalue weighted by Gasteiger charge is 2.26. The summed E-state index contributed by atoms with van der Waals surface area (Å²) in [6, 6.07) is 1.70. The van der Waals surface area contributed by atoms with Gasteiger partial charge in [0.15, 0.2) is 0 Å². The summed E-state index contributed by atoms with van der Waals surface area (Å²) in [4.78, 5) is 24.9. The predicted molar refractivity (Wildman–Crippen MR) is 84.5 cm³/mol. The lowest BCUT2D eigenvalue weighted by Crippen LogP contribution is -2.39. The van der Waals surface area contributed by atoms with Gasteiger partial charge < -0.3 is 14.6 Å². The third kappa shape index (κ3) is 2.89. The molecule has 1 aliphatic carbocycles. The first kappa shape index (κ1) is 15.1. The fraction of sp³-hybridized carbons (Fsp3) is 0.647. The number of nitrogens with zero attached hydrogens (tertiary/aromatic N) is 1. The van der Waals surface area contributed by atoms with Gasteiger partial charge in [-0.1, -0.05) is 19.3 Å². The third-order valence-electron chi connectivity index (χ3n) is 4.81. The second kappa shape index (κ2) is 6.55. The summed E-state index contributed by atoms with van der Waals surface area (Å²) in [5, 5.41) is 3.15. The molecule has 3 rings (SSSR count). The number of pyridine rings is 1. The van der Waals surface area contributed by atoms with Crippen LogP contribution in [-0.4, -0.2) is 23.6 Å². The molecule has 1 fully saturated rings. The van der Waals surface area contributed by atoms with E-state index in [4.69, 9.17) is 4.74 Å². The Kier molecular flexibility index (Phi) is 4.50. The number of carbonyl (C=O) groups is 1. The highest BCUT2D eigenvalue weighted by molar-refractivity contribution is 5.98. The van der Waals surface area contributed by atoms with Gasteiger partial charge >= 0.3 is 0 Å². The minimum absolute atomic E-state index is 0.0687. The Hall–Kier alpha value is -1.78. The normalized spacial score (nSPS) is 18.6. The number of fused-ring (bicyclic) bond motifs is 1. The van der Waals surface area contributed by atoms with Gasteiger partial charge in [-0.05, 0) is 32.1 Å². The van der Waals surface area contributed by atoms with Gasteiger partial charge in [0, 0.05) is 24.3 Å². The first-order chi connectivity index (χ1) is 10.7. The van der Waals surface area contributed by atoms with Gasteiger partial charge in [0.2, 0.25) is 0 Å². The largest absolute Gasteiger partial charge is 0.496 e. The second-order valence-electron chi connectivity index (χ2n) is 6.29. The number of rotatable bonds is 3. The minimum atomic E-state index is -0.0885. The van der Waals surface area contributed by atoms with Gasteiger partial charge in [0.25, 0.3) is 11.5 Å². The molecule has 0 radical (unpaired) electrons. The zero-order valence-electron chi connectivity index (χ0n) is 13.2. The van der Waals surface area contributed by atoms with Crippen molar-refractivity contribution in [2.24, 2.45) is 0 Å². The highest BCUT2D eigenvalue weighted by Crippen LogP contribution is 2.26. The molecule has 2 aliphatic rings.